The highest BCUT2D eigenvalue weighted by Crippen LogP contribution is 2.35. The van der Waals surface area contributed by atoms with E-state index in [1.54, 1.807) is 10.9 Å². The van der Waals surface area contributed by atoms with Gasteiger partial charge >= 0.3 is 0 Å². The Bertz CT molecular complexity index is 665. The highest BCUT2D eigenvalue weighted by atomic mass is 79.9. The number of aryl methyl sites for hydroxylation is 1. The summed E-state index contributed by atoms with van der Waals surface area (Å²) in [5.41, 5.74) is 1.63. The lowest BCUT2D eigenvalue weighted by molar-refractivity contribution is 0.139. The summed E-state index contributed by atoms with van der Waals surface area (Å²) in [4.78, 5) is 4.25. The minimum Gasteiger partial charge on any atom is -0.269 e. The van der Waals surface area contributed by atoms with Crippen molar-refractivity contribution >= 4 is 27.5 Å². The third-order valence-electron chi connectivity index (χ3n) is 3.99. The maximum Gasteiger partial charge on any atom is 0.133 e. The zero-order valence-corrected chi connectivity index (χ0v) is 14.1. The van der Waals surface area contributed by atoms with E-state index in [1.807, 2.05) is 19.2 Å². The van der Waals surface area contributed by atoms with E-state index in [9.17, 15) is 4.39 Å². The molecule has 2 aromatic heterocycles. The van der Waals surface area contributed by atoms with Crippen molar-refractivity contribution in [3.8, 4) is 11.1 Å². The van der Waals surface area contributed by atoms with Crippen LogP contribution in [0.15, 0.2) is 23.1 Å². The maximum absolute atomic E-state index is 14.5. The quantitative estimate of drug-likeness (QED) is 0.714. The second-order valence-electron chi connectivity index (χ2n) is 5.72. The molecule has 1 aliphatic carbocycles. The molecule has 0 unspecified atom stereocenters. The summed E-state index contributed by atoms with van der Waals surface area (Å²) in [6.07, 6.45) is 6.82. The molecule has 0 N–H and O–H groups in total. The van der Waals surface area contributed by atoms with Gasteiger partial charge in [-0.15, -0.1) is 0 Å². The summed E-state index contributed by atoms with van der Waals surface area (Å²) >= 11 is 9.42. The van der Waals surface area contributed by atoms with Crippen molar-refractivity contribution in [1.29, 1.82) is 0 Å². The van der Waals surface area contributed by atoms with Crippen LogP contribution in [0.2, 0.25) is 5.15 Å². The van der Waals surface area contributed by atoms with Crippen LogP contribution < -0.4 is 0 Å². The predicted octanol–water partition coefficient (Wildman–Crippen LogP) is 4.95. The monoisotopic (exact) mass is 371 g/mol. The first-order chi connectivity index (χ1) is 9.97. The van der Waals surface area contributed by atoms with E-state index >= 15 is 0 Å². The van der Waals surface area contributed by atoms with Crippen LogP contribution in [-0.2, 0) is 6.54 Å². The van der Waals surface area contributed by atoms with Crippen LogP contribution in [0.5, 0.6) is 0 Å². The average Bonchev–Trinajstić information content (AvgIpc) is 3.04. The number of aromatic nitrogens is 3. The highest BCUT2D eigenvalue weighted by Gasteiger charge is 2.34. The second-order valence-corrected chi connectivity index (χ2v) is 6.83. The Balaban J connectivity index is 1.86. The molecular weight excluding hydrogens is 357 g/mol. The van der Waals surface area contributed by atoms with Gasteiger partial charge in [0.05, 0.1) is 12.7 Å². The van der Waals surface area contributed by atoms with E-state index in [4.69, 9.17) is 11.6 Å². The number of hydrogen-bond donors (Lipinski definition) is 0. The molecule has 0 atom stereocenters. The zero-order valence-electron chi connectivity index (χ0n) is 11.7. The Kier molecular flexibility index (Phi) is 4.06. The lowest BCUT2D eigenvalue weighted by Gasteiger charge is -2.18. The largest absolute Gasteiger partial charge is 0.269 e. The molecular formula is C15H16BrClFN3. The van der Waals surface area contributed by atoms with Crippen molar-refractivity contribution in [1.82, 2.24) is 14.8 Å². The molecule has 1 fully saturated rings. The fraction of sp³-hybridized carbons (Fsp3) is 0.467. The van der Waals surface area contributed by atoms with Crippen molar-refractivity contribution in [3.05, 3.63) is 33.8 Å². The topological polar surface area (TPSA) is 30.7 Å². The molecule has 3 nitrogen and oxygen atoms in total. The minimum atomic E-state index is -1.10. The molecule has 2 aromatic rings. The van der Waals surface area contributed by atoms with Crippen molar-refractivity contribution in [2.75, 3.05) is 0 Å². The van der Waals surface area contributed by atoms with Crippen LogP contribution in [0.3, 0.4) is 0 Å². The molecule has 0 saturated heterocycles. The first-order valence-electron chi connectivity index (χ1n) is 7.01. The van der Waals surface area contributed by atoms with Crippen LogP contribution in [0.1, 0.15) is 31.2 Å². The third kappa shape index (κ3) is 3.14. The molecule has 0 aliphatic heterocycles. The Hall–Kier alpha value is -0.940. The van der Waals surface area contributed by atoms with Gasteiger partial charge in [0.2, 0.25) is 0 Å². The standard InChI is InChI=1S/C15H16BrClFN3/c1-10-6-12(13(16)20-14(10)17)11-7-19-21(8-11)9-15(18)4-2-3-5-15/h6-8H,2-5,9H2,1H3. The first kappa shape index (κ1) is 15.0. The molecule has 0 aromatic carbocycles. The van der Waals surface area contributed by atoms with Gasteiger partial charge in [-0.2, -0.15) is 5.10 Å². The van der Waals surface area contributed by atoms with Gasteiger partial charge in [-0.1, -0.05) is 24.4 Å². The Morgan fingerprint density at radius 1 is 1.43 bits per heavy atom. The molecule has 1 aliphatic rings. The van der Waals surface area contributed by atoms with Crippen LogP contribution in [-0.4, -0.2) is 20.4 Å². The molecule has 112 valence electrons. The van der Waals surface area contributed by atoms with Crippen molar-refractivity contribution in [2.24, 2.45) is 0 Å². The first-order valence-corrected chi connectivity index (χ1v) is 8.18. The molecule has 2 heterocycles. The van der Waals surface area contributed by atoms with E-state index in [0.717, 1.165) is 29.5 Å². The number of nitrogens with zero attached hydrogens (tertiary/aromatic N) is 3. The number of pyridine rings is 1. The van der Waals surface area contributed by atoms with Gasteiger partial charge in [0.25, 0.3) is 0 Å². The molecule has 3 rings (SSSR count). The highest BCUT2D eigenvalue weighted by molar-refractivity contribution is 9.10. The summed E-state index contributed by atoms with van der Waals surface area (Å²) in [7, 11) is 0. The number of rotatable bonds is 3. The third-order valence-corrected chi connectivity index (χ3v) is 4.98. The minimum absolute atomic E-state index is 0.324. The molecule has 0 spiro atoms. The molecule has 0 radical (unpaired) electrons. The zero-order chi connectivity index (χ0) is 15.0. The molecule has 6 heteroatoms. The van der Waals surface area contributed by atoms with Gasteiger partial charge in [0, 0.05) is 17.3 Å². The number of halogens is 3. The van der Waals surface area contributed by atoms with E-state index in [1.165, 1.54) is 0 Å². The van der Waals surface area contributed by atoms with Crippen LogP contribution in [0, 0.1) is 6.92 Å². The summed E-state index contributed by atoms with van der Waals surface area (Å²) in [5, 5.41) is 4.77. The predicted molar refractivity (Wildman–Crippen MR) is 85.2 cm³/mol. The molecule has 21 heavy (non-hydrogen) atoms. The maximum atomic E-state index is 14.5. The van der Waals surface area contributed by atoms with Gasteiger partial charge in [-0.05, 0) is 47.3 Å². The fourth-order valence-corrected chi connectivity index (χ4v) is 3.58. The summed E-state index contributed by atoms with van der Waals surface area (Å²) < 4.78 is 16.9. The van der Waals surface area contributed by atoms with Crippen LogP contribution >= 0.6 is 27.5 Å². The summed E-state index contributed by atoms with van der Waals surface area (Å²) in [6.45, 7) is 2.23. The Morgan fingerprint density at radius 3 is 2.86 bits per heavy atom. The lowest BCUT2D eigenvalue weighted by atomic mass is 10.1. The van der Waals surface area contributed by atoms with Crippen molar-refractivity contribution in [3.63, 3.8) is 0 Å². The van der Waals surface area contributed by atoms with Gasteiger partial charge in [-0.3, -0.25) is 4.68 Å². The Labute approximate surface area is 136 Å². The van der Waals surface area contributed by atoms with Gasteiger partial charge < -0.3 is 0 Å². The molecule has 1 saturated carbocycles. The fourth-order valence-electron chi connectivity index (χ4n) is 2.82. The van der Waals surface area contributed by atoms with Crippen LogP contribution in [0.25, 0.3) is 11.1 Å². The Morgan fingerprint density at radius 2 is 2.14 bits per heavy atom. The molecule has 0 amide bonds. The molecule has 0 bridgehead atoms. The smallest absolute Gasteiger partial charge is 0.133 e. The second kappa shape index (κ2) is 5.69. The van der Waals surface area contributed by atoms with Gasteiger partial charge in [0.15, 0.2) is 0 Å². The van der Waals surface area contributed by atoms with E-state index in [-0.39, 0.29) is 0 Å². The number of hydrogen-bond acceptors (Lipinski definition) is 2. The van der Waals surface area contributed by atoms with Crippen molar-refractivity contribution < 1.29 is 4.39 Å². The van der Waals surface area contributed by atoms with E-state index < -0.39 is 5.67 Å². The summed E-state index contributed by atoms with van der Waals surface area (Å²) in [6, 6.07) is 1.96. The SMILES string of the molecule is Cc1cc(-c2cnn(CC3(F)CCCC3)c2)c(Br)nc1Cl. The lowest BCUT2D eigenvalue weighted by Crippen LogP contribution is -2.25. The number of alkyl halides is 1. The van der Waals surface area contributed by atoms with E-state index in [2.05, 4.69) is 26.0 Å². The van der Waals surface area contributed by atoms with E-state index in [0.29, 0.717) is 29.1 Å². The summed E-state index contributed by atoms with van der Waals surface area (Å²) in [5.74, 6) is 0. The van der Waals surface area contributed by atoms with Gasteiger partial charge in [-0.25, -0.2) is 9.37 Å². The normalized spacial score (nSPS) is 17.3. The average molecular weight is 373 g/mol. The van der Waals surface area contributed by atoms with Gasteiger partial charge in [0.1, 0.15) is 15.4 Å². The van der Waals surface area contributed by atoms with Crippen LogP contribution in [0.4, 0.5) is 4.39 Å². The van der Waals surface area contributed by atoms with Crippen molar-refractivity contribution in [2.45, 2.75) is 44.8 Å².